The van der Waals surface area contributed by atoms with Gasteiger partial charge in [-0.1, -0.05) is 47.5 Å². The number of esters is 1. The Kier molecular flexibility index (Phi) is 5.87. The van der Waals surface area contributed by atoms with Crippen LogP contribution in [0.4, 0.5) is 0 Å². The van der Waals surface area contributed by atoms with Crippen molar-refractivity contribution in [3.8, 4) is 0 Å². The van der Waals surface area contributed by atoms with Crippen molar-refractivity contribution in [2.75, 3.05) is 13.2 Å². The van der Waals surface area contributed by atoms with Crippen LogP contribution in [0.5, 0.6) is 0 Å². The molecule has 0 amide bonds. The molecule has 0 aliphatic carbocycles. The van der Waals surface area contributed by atoms with Crippen molar-refractivity contribution in [3.63, 3.8) is 0 Å². The fraction of sp³-hybridized carbons (Fsp3) is 0.238. The topological polar surface area (TPSA) is 62.6 Å². The van der Waals surface area contributed by atoms with E-state index in [0.29, 0.717) is 27.7 Å². The van der Waals surface area contributed by atoms with Crippen LogP contribution in [0.2, 0.25) is 10.0 Å². The molecule has 3 aromatic rings. The Morgan fingerprint density at radius 3 is 2.79 bits per heavy atom. The number of benzene rings is 2. The number of halogens is 2. The molecule has 1 aliphatic rings. The van der Waals surface area contributed by atoms with Crippen molar-refractivity contribution in [1.29, 1.82) is 0 Å². The summed E-state index contributed by atoms with van der Waals surface area (Å²) in [5.41, 5.74) is 1.13. The quantitative estimate of drug-likeness (QED) is 0.542. The lowest BCUT2D eigenvalue weighted by Gasteiger charge is -2.29. The lowest BCUT2D eigenvalue weighted by atomic mass is 10.1. The van der Waals surface area contributed by atoms with E-state index in [2.05, 4.69) is 4.98 Å². The number of imidazole rings is 1. The average molecular weight is 433 g/mol. The minimum absolute atomic E-state index is 0.0601. The first-order valence-corrected chi connectivity index (χ1v) is 9.76. The highest BCUT2D eigenvalue weighted by Crippen LogP contribution is 2.40. The van der Waals surface area contributed by atoms with Crippen LogP contribution in [0, 0.1) is 0 Å². The van der Waals surface area contributed by atoms with Gasteiger partial charge in [-0.3, -0.25) is 0 Å². The van der Waals surface area contributed by atoms with Crippen molar-refractivity contribution in [3.05, 3.63) is 88.4 Å². The zero-order valence-corrected chi connectivity index (χ0v) is 16.8. The van der Waals surface area contributed by atoms with Gasteiger partial charge in [-0.25, -0.2) is 9.78 Å². The minimum Gasteiger partial charge on any atom is -0.459 e. The third kappa shape index (κ3) is 4.46. The number of carbonyl (C=O) groups is 1. The van der Waals surface area contributed by atoms with Gasteiger partial charge >= 0.3 is 5.97 Å². The molecule has 2 heterocycles. The smallest absolute Gasteiger partial charge is 0.338 e. The van der Waals surface area contributed by atoms with E-state index in [4.69, 9.17) is 37.4 Å². The highest BCUT2D eigenvalue weighted by molar-refractivity contribution is 6.35. The van der Waals surface area contributed by atoms with Gasteiger partial charge in [-0.15, -0.1) is 0 Å². The molecule has 1 aromatic heterocycles. The Morgan fingerprint density at radius 1 is 1.24 bits per heavy atom. The van der Waals surface area contributed by atoms with Gasteiger partial charge in [0.05, 0.1) is 30.1 Å². The van der Waals surface area contributed by atoms with E-state index in [1.54, 1.807) is 61.2 Å². The fourth-order valence-electron chi connectivity index (χ4n) is 3.20. The predicted molar refractivity (Wildman–Crippen MR) is 108 cm³/mol. The molecule has 0 saturated carbocycles. The Bertz CT molecular complexity index is 982. The molecule has 4 rings (SSSR count). The van der Waals surface area contributed by atoms with Gasteiger partial charge in [-0.2, -0.15) is 0 Å². The van der Waals surface area contributed by atoms with E-state index >= 15 is 0 Å². The summed E-state index contributed by atoms with van der Waals surface area (Å²) in [6.07, 6.45) is 4.70. The summed E-state index contributed by atoms with van der Waals surface area (Å²) in [5, 5.41) is 0.947. The van der Waals surface area contributed by atoms with Crippen LogP contribution in [0.15, 0.2) is 67.3 Å². The molecule has 0 unspecified atom stereocenters. The lowest BCUT2D eigenvalue weighted by Crippen LogP contribution is -2.34. The minimum atomic E-state index is -1.15. The summed E-state index contributed by atoms with van der Waals surface area (Å²) in [5.74, 6) is -1.56. The summed E-state index contributed by atoms with van der Waals surface area (Å²) in [6, 6.07) is 14.0. The largest absolute Gasteiger partial charge is 0.459 e. The maximum atomic E-state index is 12.2. The monoisotopic (exact) mass is 432 g/mol. The number of ether oxygens (including phenoxy) is 3. The van der Waals surface area contributed by atoms with Crippen molar-refractivity contribution >= 4 is 29.2 Å². The second-order valence-electron chi connectivity index (χ2n) is 6.63. The summed E-state index contributed by atoms with van der Waals surface area (Å²) in [7, 11) is 0. The molecule has 0 bridgehead atoms. The standard InChI is InChI=1S/C21H18Cl2N2O4/c22-16-6-7-18(19(23)10-16)21(13-25-9-8-24-14-25)28-12-17(29-21)11-27-20(26)15-4-2-1-3-5-15/h1-10,14,17H,11-13H2/t17-,21-/m1/s1. The number of rotatable bonds is 6. The number of hydrogen-bond acceptors (Lipinski definition) is 5. The molecule has 8 heteroatoms. The average Bonchev–Trinajstić information content (AvgIpc) is 3.37. The zero-order valence-electron chi connectivity index (χ0n) is 15.3. The van der Waals surface area contributed by atoms with Crippen LogP contribution in [0.1, 0.15) is 15.9 Å². The molecular formula is C21H18Cl2N2O4. The molecular weight excluding hydrogens is 415 g/mol. The first kappa shape index (κ1) is 19.9. The SMILES string of the molecule is O=C(OC[C@@H]1CO[C@@](Cn2ccnc2)(c2ccc(Cl)cc2Cl)O1)c1ccccc1. The number of aromatic nitrogens is 2. The second-order valence-corrected chi connectivity index (χ2v) is 7.47. The van der Waals surface area contributed by atoms with Crippen LogP contribution in [0.25, 0.3) is 0 Å². The Hall–Kier alpha value is -2.38. The molecule has 1 aliphatic heterocycles. The van der Waals surface area contributed by atoms with Crippen molar-refractivity contribution < 1.29 is 19.0 Å². The molecule has 0 spiro atoms. The van der Waals surface area contributed by atoms with Crippen molar-refractivity contribution in [1.82, 2.24) is 9.55 Å². The Balaban J connectivity index is 1.51. The van der Waals surface area contributed by atoms with E-state index in [-0.39, 0.29) is 13.2 Å². The molecule has 2 aromatic carbocycles. The Labute approximate surface area is 177 Å². The lowest BCUT2D eigenvalue weighted by molar-refractivity contribution is -0.190. The van der Waals surface area contributed by atoms with E-state index in [9.17, 15) is 4.79 Å². The maximum absolute atomic E-state index is 12.2. The number of nitrogens with zero attached hydrogens (tertiary/aromatic N) is 2. The van der Waals surface area contributed by atoms with E-state index < -0.39 is 17.9 Å². The first-order chi connectivity index (χ1) is 14.1. The summed E-state index contributed by atoms with van der Waals surface area (Å²) in [4.78, 5) is 16.3. The molecule has 6 nitrogen and oxygen atoms in total. The zero-order chi connectivity index (χ0) is 20.3. The molecule has 2 atom stereocenters. The predicted octanol–water partition coefficient (Wildman–Crippen LogP) is 4.32. The highest BCUT2D eigenvalue weighted by atomic mass is 35.5. The molecule has 0 radical (unpaired) electrons. The van der Waals surface area contributed by atoms with Crippen LogP contribution < -0.4 is 0 Å². The molecule has 0 N–H and O–H groups in total. The van der Waals surface area contributed by atoms with E-state index in [1.807, 2.05) is 10.6 Å². The van der Waals surface area contributed by atoms with Gasteiger partial charge < -0.3 is 18.8 Å². The van der Waals surface area contributed by atoms with Gasteiger partial charge in [0.25, 0.3) is 0 Å². The fourth-order valence-corrected chi connectivity index (χ4v) is 3.75. The van der Waals surface area contributed by atoms with Crippen LogP contribution >= 0.6 is 23.2 Å². The number of hydrogen-bond donors (Lipinski definition) is 0. The first-order valence-electron chi connectivity index (χ1n) is 9.01. The van der Waals surface area contributed by atoms with Crippen molar-refractivity contribution in [2.24, 2.45) is 0 Å². The molecule has 150 valence electrons. The summed E-state index contributed by atoms with van der Waals surface area (Å²) >= 11 is 12.5. The van der Waals surface area contributed by atoms with E-state index in [0.717, 1.165) is 0 Å². The molecule has 29 heavy (non-hydrogen) atoms. The second kappa shape index (κ2) is 8.55. The highest BCUT2D eigenvalue weighted by Gasteiger charge is 2.45. The summed E-state index contributed by atoms with van der Waals surface area (Å²) in [6.45, 7) is 0.637. The van der Waals surface area contributed by atoms with Gasteiger partial charge in [0.1, 0.15) is 12.7 Å². The third-order valence-corrected chi connectivity index (χ3v) is 5.11. The van der Waals surface area contributed by atoms with E-state index in [1.165, 1.54) is 0 Å². The third-order valence-electron chi connectivity index (χ3n) is 4.56. The normalized spacial score (nSPS) is 21.2. The van der Waals surface area contributed by atoms with Crippen LogP contribution in [-0.4, -0.2) is 34.8 Å². The van der Waals surface area contributed by atoms with Gasteiger partial charge in [0.15, 0.2) is 0 Å². The number of carbonyl (C=O) groups excluding carboxylic acids is 1. The Morgan fingerprint density at radius 2 is 2.07 bits per heavy atom. The van der Waals surface area contributed by atoms with Crippen molar-refractivity contribution in [2.45, 2.75) is 18.4 Å². The van der Waals surface area contributed by atoms with Crippen LogP contribution in [0.3, 0.4) is 0 Å². The molecule has 1 fully saturated rings. The van der Waals surface area contributed by atoms with Gasteiger partial charge in [0.2, 0.25) is 5.79 Å². The van der Waals surface area contributed by atoms with Crippen LogP contribution in [-0.2, 0) is 26.5 Å². The van der Waals surface area contributed by atoms with Gasteiger partial charge in [-0.05, 0) is 24.3 Å². The molecule has 1 saturated heterocycles. The summed E-state index contributed by atoms with van der Waals surface area (Å²) < 4.78 is 19.6. The van der Waals surface area contributed by atoms with Gasteiger partial charge in [0, 0.05) is 23.0 Å². The maximum Gasteiger partial charge on any atom is 0.338 e.